The van der Waals surface area contributed by atoms with Gasteiger partial charge in [0, 0.05) is 18.1 Å². The molecule has 1 aliphatic carbocycles. The second-order valence-electron chi connectivity index (χ2n) is 4.23. The highest BCUT2D eigenvalue weighted by molar-refractivity contribution is 5.90. The SMILES string of the molecule is C=C[C@H]1C[C@H]2C=NN[C@@]2(C(=O)OCC)C1(F)F. The van der Waals surface area contributed by atoms with Crippen molar-refractivity contribution in [3.05, 3.63) is 12.7 Å². The van der Waals surface area contributed by atoms with E-state index in [4.69, 9.17) is 4.74 Å². The van der Waals surface area contributed by atoms with Gasteiger partial charge < -0.3 is 4.74 Å². The van der Waals surface area contributed by atoms with Gasteiger partial charge in [0.2, 0.25) is 5.54 Å². The van der Waals surface area contributed by atoms with Crippen LogP contribution in [0.3, 0.4) is 0 Å². The molecule has 0 unspecified atom stereocenters. The lowest BCUT2D eigenvalue weighted by molar-refractivity contribution is -0.171. The van der Waals surface area contributed by atoms with Gasteiger partial charge in [-0.25, -0.2) is 13.6 Å². The van der Waals surface area contributed by atoms with E-state index in [1.807, 2.05) is 0 Å². The zero-order valence-electron chi connectivity index (χ0n) is 9.45. The molecule has 0 bridgehead atoms. The van der Waals surface area contributed by atoms with E-state index in [2.05, 4.69) is 17.1 Å². The average molecular weight is 244 g/mol. The van der Waals surface area contributed by atoms with Gasteiger partial charge >= 0.3 is 5.97 Å². The molecule has 0 radical (unpaired) electrons. The number of ether oxygens (including phenoxy) is 1. The Morgan fingerprint density at radius 1 is 1.76 bits per heavy atom. The van der Waals surface area contributed by atoms with E-state index in [0.717, 1.165) is 0 Å². The van der Waals surface area contributed by atoms with Gasteiger partial charge in [-0.1, -0.05) is 6.08 Å². The fourth-order valence-corrected chi connectivity index (χ4v) is 2.52. The van der Waals surface area contributed by atoms with Gasteiger partial charge in [-0.2, -0.15) is 5.10 Å². The maximum atomic E-state index is 14.3. The second-order valence-corrected chi connectivity index (χ2v) is 4.23. The lowest BCUT2D eigenvalue weighted by atomic mass is 9.86. The third kappa shape index (κ3) is 1.33. The summed E-state index contributed by atoms with van der Waals surface area (Å²) in [5.41, 5.74) is 0.215. The van der Waals surface area contributed by atoms with Crippen LogP contribution in [-0.4, -0.2) is 30.3 Å². The van der Waals surface area contributed by atoms with E-state index >= 15 is 0 Å². The molecule has 4 nitrogen and oxygen atoms in total. The van der Waals surface area contributed by atoms with E-state index < -0.39 is 29.3 Å². The summed E-state index contributed by atoms with van der Waals surface area (Å²) in [7, 11) is 0. The van der Waals surface area contributed by atoms with Gasteiger partial charge in [0.15, 0.2) is 0 Å². The number of hydrazone groups is 1. The summed E-state index contributed by atoms with van der Waals surface area (Å²) in [5, 5.41) is 3.62. The molecule has 0 amide bonds. The molecule has 1 aliphatic heterocycles. The monoisotopic (exact) mass is 244 g/mol. The Kier molecular flexibility index (Phi) is 2.67. The van der Waals surface area contributed by atoms with Crippen molar-refractivity contribution in [3.63, 3.8) is 0 Å². The Bertz CT molecular complexity index is 384. The third-order valence-electron chi connectivity index (χ3n) is 3.43. The van der Waals surface area contributed by atoms with E-state index in [1.54, 1.807) is 6.92 Å². The predicted octanol–water partition coefficient (Wildman–Crippen LogP) is 1.33. The lowest BCUT2D eigenvalue weighted by Gasteiger charge is -2.33. The zero-order chi connectivity index (χ0) is 12.7. The van der Waals surface area contributed by atoms with Crippen LogP contribution >= 0.6 is 0 Å². The molecule has 2 rings (SSSR count). The van der Waals surface area contributed by atoms with Gasteiger partial charge in [0.1, 0.15) is 0 Å². The Labute approximate surface area is 97.7 Å². The molecule has 0 aromatic rings. The molecule has 1 heterocycles. The van der Waals surface area contributed by atoms with Gasteiger partial charge in [-0.05, 0) is 13.3 Å². The molecule has 6 heteroatoms. The first kappa shape index (κ1) is 12.0. The number of esters is 1. The highest BCUT2D eigenvalue weighted by atomic mass is 19.3. The normalized spacial score (nSPS) is 37.4. The molecule has 94 valence electrons. The molecule has 3 atom stereocenters. The van der Waals surface area contributed by atoms with Crippen molar-refractivity contribution in [2.75, 3.05) is 6.61 Å². The summed E-state index contributed by atoms with van der Waals surface area (Å²) in [5.74, 6) is -5.89. The van der Waals surface area contributed by atoms with Crippen molar-refractivity contribution in [3.8, 4) is 0 Å². The minimum atomic E-state index is -3.25. The number of alkyl halides is 2. The third-order valence-corrected chi connectivity index (χ3v) is 3.43. The fraction of sp³-hybridized carbons (Fsp3) is 0.636. The molecule has 2 aliphatic rings. The van der Waals surface area contributed by atoms with Crippen LogP contribution in [0.2, 0.25) is 0 Å². The maximum absolute atomic E-state index is 14.3. The zero-order valence-corrected chi connectivity index (χ0v) is 9.45. The summed E-state index contributed by atoms with van der Waals surface area (Å²) in [6.07, 6.45) is 2.69. The Morgan fingerprint density at radius 2 is 2.47 bits per heavy atom. The van der Waals surface area contributed by atoms with Crippen molar-refractivity contribution in [1.82, 2.24) is 5.43 Å². The van der Waals surface area contributed by atoms with Crippen molar-refractivity contribution >= 4 is 12.2 Å². The highest BCUT2D eigenvalue weighted by Gasteiger charge is 2.73. The number of fused-ring (bicyclic) bond motifs is 1. The molecule has 0 spiro atoms. The van der Waals surface area contributed by atoms with Crippen LogP contribution in [0.1, 0.15) is 13.3 Å². The number of nitrogens with one attached hydrogen (secondary N) is 1. The number of hydrogen-bond donors (Lipinski definition) is 1. The maximum Gasteiger partial charge on any atom is 0.340 e. The Hall–Kier alpha value is -1.46. The van der Waals surface area contributed by atoms with Crippen LogP contribution < -0.4 is 5.43 Å². The van der Waals surface area contributed by atoms with Crippen molar-refractivity contribution < 1.29 is 18.3 Å². The first-order valence-corrected chi connectivity index (χ1v) is 5.48. The largest absolute Gasteiger partial charge is 0.464 e. The number of allylic oxidation sites excluding steroid dienone is 1. The number of carbonyl (C=O) groups is 1. The highest BCUT2D eigenvalue weighted by Crippen LogP contribution is 2.53. The van der Waals surface area contributed by atoms with Crippen LogP contribution in [-0.2, 0) is 9.53 Å². The standard InChI is InChI=1S/C11H14F2N2O2/c1-3-7-5-8-6-14-15-10(8,11(7,12)13)9(16)17-4-2/h3,6-8,15H,1,4-5H2,2H3/t7-,8-,10-/m0/s1. The van der Waals surface area contributed by atoms with Gasteiger partial charge in [0.05, 0.1) is 6.61 Å². The summed E-state index contributed by atoms with van der Waals surface area (Å²) in [6, 6.07) is 0. The van der Waals surface area contributed by atoms with Crippen LogP contribution in [0.4, 0.5) is 8.78 Å². The van der Waals surface area contributed by atoms with Crippen molar-refractivity contribution in [1.29, 1.82) is 0 Å². The fourth-order valence-electron chi connectivity index (χ4n) is 2.52. The van der Waals surface area contributed by atoms with Crippen LogP contribution in [0.15, 0.2) is 17.8 Å². The minimum absolute atomic E-state index is 0.0593. The molecule has 0 aromatic carbocycles. The Morgan fingerprint density at radius 3 is 3.06 bits per heavy atom. The average Bonchev–Trinajstić information content (AvgIpc) is 2.77. The number of hydrogen-bond acceptors (Lipinski definition) is 4. The van der Waals surface area contributed by atoms with Crippen LogP contribution in [0, 0.1) is 11.8 Å². The number of carbonyl (C=O) groups excluding carboxylic acids is 1. The second kappa shape index (κ2) is 3.78. The molecule has 0 aromatic heterocycles. The van der Waals surface area contributed by atoms with Gasteiger partial charge in [-0.3, -0.25) is 5.43 Å². The summed E-state index contributed by atoms with van der Waals surface area (Å²) in [6.45, 7) is 5.04. The van der Waals surface area contributed by atoms with Gasteiger partial charge in [0.25, 0.3) is 5.92 Å². The number of nitrogens with zero attached hydrogens (tertiary/aromatic N) is 1. The van der Waals surface area contributed by atoms with Crippen molar-refractivity contribution in [2.24, 2.45) is 16.9 Å². The molecular weight excluding hydrogens is 230 g/mol. The van der Waals surface area contributed by atoms with Gasteiger partial charge in [-0.15, -0.1) is 6.58 Å². The summed E-state index contributed by atoms with van der Waals surface area (Å²) >= 11 is 0. The number of rotatable bonds is 3. The van der Waals surface area contributed by atoms with E-state index in [9.17, 15) is 13.6 Å². The first-order chi connectivity index (χ1) is 8.00. The molecule has 1 fully saturated rings. The summed E-state index contributed by atoms with van der Waals surface area (Å²) < 4.78 is 33.3. The topological polar surface area (TPSA) is 50.7 Å². The smallest absolute Gasteiger partial charge is 0.340 e. The van der Waals surface area contributed by atoms with E-state index in [-0.39, 0.29) is 13.0 Å². The molecule has 0 saturated heterocycles. The predicted molar refractivity (Wildman–Crippen MR) is 57.7 cm³/mol. The quantitative estimate of drug-likeness (QED) is 0.602. The van der Waals surface area contributed by atoms with Crippen LogP contribution in [0.25, 0.3) is 0 Å². The van der Waals surface area contributed by atoms with Crippen LogP contribution in [0.5, 0.6) is 0 Å². The minimum Gasteiger partial charge on any atom is -0.464 e. The molecule has 1 saturated carbocycles. The number of halogens is 2. The van der Waals surface area contributed by atoms with E-state index in [1.165, 1.54) is 12.3 Å². The Balaban J connectivity index is 2.41. The lowest BCUT2D eigenvalue weighted by Crippen LogP contribution is -2.62. The summed E-state index contributed by atoms with van der Waals surface area (Å²) in [4.78, 5) is 11.8. The van der Waals surface area contributed by atoms with Crippen molar-refractivity contribution in [2.45, 2.75) is 24.8 Å². The first-order valence-electron chi connectivity index (χ1n) is 5.48. The molecule has 1 N–H and O–H groups in total. The van der Waals surface area contributed by atoms with E-state index in [0.29, 0.717) is 0 Å². The molecular formula is C11H14F2N2O2. The molecule has 17 heavy (non-hydrogen) atoms.